The summed E-state index contributed by atoms with van der Waals surface area (Å²) in [7, 11) is 0. The molecule has 1 N–H and O–H groups in total. The van der Waals surface area contributed by atoms with Crippen molar-refractivity contribution >= 4 is 5.69 Å². The van der Waals surface area contributed by atoms with Crippen LogP contribution in [-0.4, -0.2) is 43.6 Å². The fraction of sp³-hybridized carbons (Fsp3) is 0.600. The van der Waals surface area contributed by atoms with Crippen molar-refractivity contribution < 1.29 is 14.6 Å². The van der Waals surface area contributed by atoms with Gasteiger partial charge in [0.1, 0.15) is 12.4 Å². The zero-order valence-electron chi connectivity index (χ0n) is 11.9. The molecular formula is C15H23NO3. The van der Waals surface area contributed by atoms with Gasteiger partial charge in [0, 0.05) is 6.54 Å². The van der Waals surface area contributed by atoms with Gasteiger partial charge in [0.2, 0.25) is 0 Å². The van der Waals surface area contributed by atoms with E-state index in [1.54, 1.807) is 0 Å². The minimum Gasteiger partial charge on any atom is -0.490 e. The van der Waals surface area contributed by atoms with E-state index in [1.807, 2.05) is 26.8 Å². The summed E-state index contributed by atoms with van der Waals surface area (Å²) >= 11 is 0. The number of nitrogens with zero attached hydrogens (tertiary/aromatic N) is 1. The van der Waals surface area contributed by atoms with E-state index >= 15 is 0 Å². The molecule has 1 aliphatic heterocycles. The monoisotopic (exact) mass is 265 g/mol. The smallest absolute Gasteiger partial charge is 0.142 e. The summed E-state index contributed by atoms with van der Waals surface area (Å²) in [5.74, 6) is 0.906. The Morgan fingerprint density at radius 1 is 1.42 bits per heavy atom. The van der Waals surface area contributed by atoms with Gasteiger partial charge in [-0.1, -0.05) is 6.07 Å². The number of aryl methyl sites for hydroxylation is 1. The Morgan fingerprint density at radius 3 is 2.95 bits per heavy atom. The molecule has 0 spiro atoms. The van der Waals surface area contributed by atoms with Crippen molar-refractivity contribution in [3.05, 3.63) is 23.8 Å². The first kappa shape index (κ1) is 14.2. The largest absolute Gasteiger partial charge is 0.490 e. The van der Waals surface area contributed by atoms with E-state index in [4.69, 9.17) is 9.47 Å². The Kier molecular flexibility index (Phi) is 4.66. The highest BCUT2D eigenvalue weighted by molar-refractivity contribution is 5.61. The summed E-state index contributed by atoms with van der Waals surface area (Å²) in [6, 6.07) is 6.16. The average Bonchev–Trinajstić information content (AvgIpc) is 2.36. The number of aliphatic hydroxyl groups is 1. The first-order chi connectivity index (χ1) is 9.06. The first-order valence-electron chi connectivity index (χ1n) is 6.84. The quantitative estimate of drug-likeness (QED) is 0.884. The van der Waals surface area contributed by atoms with Crippen LogP contribution in [0.25, 0.3) is 0 Å². The van der Waals surface area contributed by atoms with Crippen LogP contribution in [-0.2, 0) is 4.74 Å². The summed E-state index contributed by atoms with van der Waals surface area (Å²) in [4.78, 5) is 2.16. The summed E-state index contributed by atoms with van der Waals surface area (Å²) in [6.45, 7) is 8.40. The van der Waals surface area contributed by atoms with Crippen molar-refractivity contribution in [1.82, 2.24) is 0 Å². The van der Waals surface area contributed by atoms with Crippen molar-refractivity contribution in [2.75, 3.05) is 31.2 Å². The van der Waals surface area contributed by atoms with Gasteiger partial charge in [0.15, 0.2) is 0 Å². The number of β-amino-alcohol motifs (C(OH)–C–C–N with tert-alkyl or cyclic N) is 1. The summed E-state index contributed by atoms with van der Waals surface area (Å²) < 4.78 is 11.1. The Morgan fingerprint density at radius 2 is 2.21 bits per heavy atom. The lowest BCUT2D eigenvalue weighted by Crippen LogP contribution is -2.40. The maximum Gasteiger partial charge on any atom is 0.142 e. The van der Waals surface area contributed by atoms with Crippen molar-refractivity contribution in [2.24, 2.45) is 0 Å². The number of aliphatic hydroxyl groups excluding tert-OH is 1. The molecule has 2 rings (SSSR count). The molecule has 4 heteroatoms. The number of hydrogen-bond acceptors (Lipinski definition) is 4. The first-order valence-corrected chi connectivity index (χ1v) is 6.84. The molecule has 1 atom stereocenters. The molecule has 106 valence electrons. The zero-order chi connectivity index (χ0) is 13.8. The van der Waals surface area contributed by atoms with Gasteiger partial charge in [-0.05, 0) is 38.5 Å². The highest BCUT2D eigenvalue weighted by atomic mass is 16.5. The molecule has 0 bridgehead atoms. The predicted octanol–water partition coefficient (Wildman–Crippen LogP) is 1.98. The van der Waals surface area contributed by atoms with Gasteiger partial charge in [-0.2, -0.15) is 0 Å². The number of hydrogen-bond donors (Lipinski definition) is 1. The van der Waals surface area contributed by atoms with Crippen molar-refractivity contribution in [3.8, 4) is 5.75 Å². The van der Waals surface area contributed by atoms with Gasteiger partial charge >= 0.3 is 0 Å². The van der Waals surface area contributed by atoms with Gasteiger partial charge in [-0.3, -0.25) is 0 Å². The highest BCUT2D eigenvalue weighted by Gasteiger charge is 2.20. The number of anilines is 1. The van der Waals surface area contributed by atoms with Gasteiger partial charge < -0.3 is 19.5 Å². The molecular weight excluding hydrogens is 242 g/mol. The third-order valence-corrected chi connectivity index (χ3v) is 3.13. The molecule has 0 aliphatic carbocycles. The lowest BCUT2D eigenvalue weighted by atomic mass is 10.1. The molecule has 0 amide bonds. The van der Waals surface area contributed by atoms with Crippen LogP contribution >= 0.6 is 0 Å². The van der Waals surface area contributed by atoms with Crippen LogP contribution < -0.4 is 9.64 Å². The minimum atomic E-state index is -0.477. The molecule has 1 heterocycles. The van der Waals surface area contributed by atoms with Gasteiger partial charge in [0.25, 0.3) is 0 Å². The van der Waals surface area contributed by atoms with Crippen molar-refractivity contribution in [3.63, 3.8) is 0 Å². The fourth-order valence-corrected chi connectivity index (χ4v) is 2.18. The minimum absolute atomic E-state index is 0.147. The van der Waals surface area contributed by atoms with E-state index in [1.165, 1.54) is 5.56 Å². The number of rotatable bonds is 5. The molecule has 0 saturated carbocycles. The summed E-state index contributed by atoms with van der Waals surface area (Å²) in [6.07, 6.45) is -0.330. The van der Waals surface area contributed by atoms with Crippen LogP contribution in [0.4, 0.5) is 5.69 Å². The molecule has 0 saturated heterocycles. The van der Waals surface area contributed by atoms with Gasteiger partial charge in [0.05, 0.1) is 31.0 Å². The second-order valence-electron chi connectivity index (χ2n) is 5.30. The molecule has 1 unspecified atom stereocenters. The highest BCUT2D eigenvalue weighted by Crippen LogP contribution is 2.32. The van der Waals surface area contributed by atoms with E-state index in [0.29, 0.717) is 19.8 Å². The van der Waals surface area contributed by atoms with Crippen LogP contribution in [0.15, 0.2) is 18.2 Å². The molecule has 0 radical (unpaired) electrons. The number of ether oxygens (including phenoxy) is 2. The summed E-state index contributed by atoms with van der Waals surface area (Å²) in [5, 5.41) is 10.0. The lowest BCUT2D eigenvalue weighted by molar-refractivity contribution is 0.00850. The molecule has 0 aromatic heterocycles. The Hall–Kier alpha value is -1.26. The second-order valence-corrected chi connectivity index (χ2v) is 5.30. The van der Waals surface area contributed by atoms with E-state index in [2.05, 4.69) is 17.0 Å². The summed E-state index contributed by atoms with van der Waals surface area (Å²) in [5.41, 5.74) is 2.24. The maximum absolute atomic E-state index is 10.0. The zero-order valence-corrected chi connectivity index (χ0v) is 11.9. The van der Waals surface area contributed by atoms with Crippen LogP contribution in [0.3, 0.4) is 0 Å². The normalized spacial score (nSPS) is 16.2. The van der Waals surface area contributed by atoms with E-state index in [0.717, 1.165) is 18.0 Å². The van der Waals surface area contributed by atoms with E-state index in [9.17, 15) is 5.11 Å². The Balaban J connectivity index is 1.99. The van der Waals surface area contributed by atoms with E-state index in [-0.39, 0.29) is 6.10 Å². The molecule has 1 aliphatic rings. The van der Waals surface area contributed by atoms with Crippen molar-refractivity contribution in [1.29, 1.82) is 0 Å². The predicted molar refractivity (Wildman–Crippen MR) is 76.0 cm³/mol. The van der Waals surface area contributed by atoms with Crippen molar-refractivity contribution in [2.45, 2.75) is 33.0 Å². The Bertz CT molecular complexity index is 420. The molecule has 0 fully saturated rings. The molecule has 1 aromatic rings. The van der Waals surface area contributed by atoms with E-state index < -0.39 is 6.10 Å². The second kappa shape index (κ2) is 6.26. The molecule has 4 nitrogen and oxygen atoms in total. The lowest BCUT2D eigenvalue weighted by Gasteiger charge is -2.33. The number of benzene rings is 1. The van der Waals surface area contributed by atoms with Gasteiger partial charge in [-0.25, -0.2) is 0 Å². The SMILES string of the molecule is Cc1ccc2c(c1)OCCN2CC(O)COC(C)C. The standard InChI is InChI=1S/C15H23NO3/c1-11(2)19-10-13(17)9-16-6-7-18-15-8-12(3)4-5-14(15)16/h4-5,8,11,13,17H,6-7,9-10H2,1-3H3. The Labute approximate surface area is 114 Å². The average molecular weight is 265 g/mol. The molecule has 19 heavy (non-hydrogen) atoms. The van der Waals surface area contributed by atoms with Gasteiger partial charge in [-0.15, -0.1) is 0 Å². The third kappa shape index (κ3) is 3.85. The van der Waals surface area contributed by atoms with Crippen LogP contribution in [0.2, 0.25) is 0 Å². The maximum atomic E-state index is 10.0. The van der Waals surface area contributed by atoms with Crippen LogP contribution in [0.5, 0.6) is 5.75 Å². The fourth-order valence-electron chi connectivity index (χ4n) is 2.18. The third-order valence-electron chi connectivity index (χ3n) is 3.13. The van der Waals surface area contributed by atoms with Crippen LogP contribution in [0.1, 0.15) is 19.4 Å². The molecule has 1 aromatic carbocycles. The number of fused-ring (bicyclic) bond motifs is 1. The van der Waals surface area contributed by atoms with Crippen LogP contribution in [0, 0.1) is 6.92 Å². The topological polar surface area (TPSA) is 41.9 Å².